The molecular weight excluding hydrogens is 338 g/mol. The van der Waals surface area contributed by atoms with E-state index in [-0.39, 0.29) is 11.7 Å². The minimum absolute atomic E-state index is 0.0541. The number of Topliss-reactive ketones (excluding diaryl/α,β-unsaturated/α-hetero) is 1. The average Bonchev–Trinajstić information content (AvgIpc) is 3.16. The molecule has 0 amide bonds. The first-order chi connectivity index (χ1) is 12.1. The van der Waals surface area contributed by atoms with Crippen LogP contribution in [0, 0.1) is 5.92 Å². The summed E-state index contributed by atoms with van der Waals surface area (Å²) in [4.78, 5) is 26.3. The van der Waals surface area contributed by atoms with Crippen LogP contribution in [0.5, 0.6) is 5.75 Å². The minimum atomic E-state index is -0.835. The van der Waals surface area contributed by atoms with Crippen molar-refractivity contribution >= 4 is 23.1 Å². The maximum absolute atomic E-state index is 12.7. The monoisotopic (exact) mass is 359 g/mol. The Balaban J connectivity index is 1.64. The predicted octanol–water partition coefficient (Wildman–Crippen LogP) is 3.48. The number of thiophene rings is 1. The predicted molar refractivity (Wildman–Crippen MR) is 96.3 cm³/mol. The molecule has 1 aliphatic heterocycles. The topological polar surface area (TPSA) is 66.8 Å². The molecule has 2 heterocycles. The van der Waals surface area contributed by atoms with E-state index < -0.39 is 12.0 Å². The van der Waals surface area contributed by atoms with Crippen molar-refractivity contribution in [3.8, 4) is 5.75 Å². The summed E-state index contributed by atoms with van der Waals surface area (Å²) in [6, 6.07) is 8.40. The van der Waals surface area contributed by atoms with Crippen LogP contribution >= 0.6 is 11.3 Å². The van der Waals surface area contributed by atoms with Crippen molar-refractivity contribution in [2.75, 3.05) is 20.2 Å². The molecule has 132 valence electrons. The van der Waals surface area contributed by atoms with Gasteiger partial charge in [-0.2, -0.15) is 11.3 Å². The summed E-state index contributed by atoms with van der Waals surface area (Å²) >= 11 is 1.50. The SMILES string of the molecule is COc1ccc(C(=O)C2CCN(C(C(=O)O)c3ccsc3)CC2)cc1. The van der Waals surface area contributed by atoms with Crippen LogP contribution in [0.2, 0.25) is 0 Å². The zero-order valence-corrected chi connectivity index (χ0v) is 14.9. The Bertz CT molecular complexity index is 718. The first-order valence-electron chi connectivity index (χ1n) is 8.27. The van der Waals surface area contributed by atoms with Gasteiger partial charge in [0.15, 0.2) is 5.78 Å². The van der Waals surface area contributed by atoms with Gasteiger partial charge in [-0.3, -0.25) is 14.5 Å². The molecule has 1 N–H and O–H groups in total. The number of hydrogen-bond donors (Lipinski definition) is 1. The largest absolute Gasteiger partial charge is 0.497 e. The van der Waals surface area contributed by atoms with Gasteiger partial charge in [0, 0.05) is 11.5 Å². The van der Waals surface area contributed by atoms with Crippen molar-refractivity contribution in [3.63, 3.8) is 0 Å². The molecule has 1 saturated heterocycles. The van der Waals surface area contributed by atoms with Crippen LogP contribution in [0.3, 0.4) is 0 Å². The number of carbonyl (C=O) groups is 2. The number of nitrogens with zero attached hydrogens (tertiary/aromatic N) is 1. The summed E-state index contributed by atoms with van der Waals surface area (Å²) in [5, 5.41) is 13.4. The van der Waals surface area contributed by atoms with Gasteiger partial charge in [0.2, 0.25) is 0 Å². The summed E-state index contributed by atoms with van der Waals surface area (Å²) in [5.41, 5.74) is 1.50. The number of ketones is 1. The van der Waals surface area contributed by atoms with Gasteiger partial charge in [-0.1, -0.05) is 0 Å². The fraction of sp³-hybridized carbons (Fsp3) is 0.368. The highest BCUT2D eigenvalue weighted by Gasteiger charge is 2.33. The number of aliphatic carboxylic acids is 1. The molecule has 5 nitrogen and oxygen atoms in total. The number of piperidine rings is 1. The normalized spacial score (nSPS) is 17.2. The summed E-state index contributed by atoms with van der Waals surface area (Å²) in [6.07, 6.45) is 1.36. The van der Waals surface area contributed by atoms with E-state index in [1.165, 1.54) is 11.3 Å². The smallest absolute Gasteiger partial charge is 0.325 e. The Morgan fingerprint density at radius 2 is 1.88 bits per heavy atom. The van der Waals surface area contributed by atoms with E-state index in [2.05, 4.69) is 0 Å². The number of hydrogen-bond acceptors (Lipinski definition) is 5. The quantitative estimate of drug-likeness (QED) is 0.800. The van der Waals surface area contributed by atoms with E-state index >= 15 is 0 Å². The van der Waals surface area contributed by atoms with Gasteiger partial charge in [0.25, 0.3) is 0 Å². The number of carbonyl (C=O) groups excluding carboxylic acids is 1. The highest BCUT2D eigenvalue weighted by atomic mass is 32.1. The van der Waals surface area contributed by atoms with E-state index in [0.717, 1.165) is 11.3 Å². The van der Waals surface area contributed by atoms with E-state index in [4.69, 9.17) is 4.74 Å². The third-order valence-corrected chi connectivity index (χ3v) is 5.43. The van der Waals surface area contributed by atoms with Crippen molar-refractivity contribution < 1.29 is 19.4 Å². The van der Waals surface area contributed by atoms with E-state index in [9.17, 15) is 14.7 Å². The van der Waals surface area contributed by atoms with Crippen LogP contribution in [0.1, 0.15) is 34.8 Å². The fourth-order valence-corrected chi connectivity index (χ4v) is 4.03. The number of carboxylic acid groups (broad SMARTS) is 1. The van der Waals surface area contributed by atoms with Crippen molar-refractivity contribution in [2.24, 2.45) is 5.92 Å². The lowest BCUT2D eigenvalue weighted by Gasteiger charge is -2.35. The molecule has 1 atom stereocenters. The lowest BCUT2D eigenvalue weighted by molar-refractivity contribution is -0.144. The zero-order valence-electron chi connectivity index (χ0n) is 14.1. The first kappa shape index (κ1) is 17.6. The lowest BCUT2D eigenvalue weighted by Crippen LogP contribution is -2.41. The molecule has 2 aromatic rings. The molecule has 1 aliphatic rings. The standard InChI is InChI=1S/C19H21NO4S/c1-24-16-4-2-13(3-5-16)18(21)14-6-9-20(10-7-14)17(19(22)23)15-8-11-25-12-15/h2-5,8,11-12,14,17H,6-7,9-10H2,1H3,(H,22,23). The van der Waals surface area contributed by atoms with Crippen LogP contribution in [-0.2, 0) is 4.79 Å². The van der Waals surface area contributed by atoms with Crippen LogP contribution in [0.4, 0.5) is 0 Å². The number of carboxylic acids is 1. The second-order valence-corrected chi connectivity index (χ2v) is 6.98. The van der Waals surface area contributed by atoms with Gasteiger partial charge in [-0.25, -0.2) is 0 Å². The van der Waals surface area contributed by atoms with Crippen molar-refractivity contribution in [2.45, 2.75) is 18.9 Å². The molecule has 0 saturated carbocycles. The van der Waals surface area contributed by atoms with Crippen LogP contribution in [0.15, 0.2) is 41.1 Å². The van der Waals surface area contributed by atoms with Crippen LogP contribution in [-0.4, -0.2) is 42.0 Å². The maximum atomic E-state index is 12.7. The molecule has 1 aromatic heterocycles. The van der Waals surface area contributed by atoms with Crippen LogP contribution < -0.4 is 4.74 Å². The Hall–Kier alpha value is -2.18. The highest BCUT2D eigenvalue weighted by molar-refractivity contribution is 7.08. The van der Waals surface area contributed by atoms with Gasteiger partial charge in [0.1, 0.15) is 11.8 Å². The minimum Gasteiger partial charge on any atom is -0.497 e. The Morgan fingerprint density at radius 3 is 2.40 bits per heavy atom. The molecular formula is C19H21NO4S. The molecule has 1 unspecified atom stereocenters. The maximum Gasteiger partial charge on any atom is 0.325 e. The summed E-state index contributed by atoms with van der Waals surface area (Å²) < 4.78 is 5.12. The molecule has 0 spiro atoms. The highest BCUT2D eigenvalue weighted by Crippen LogP contribution is 2.30. The summed E-state index contributed by atoms with van der Waals surface area (Å²) in [7, 11) is 1.60. The number of likely N-dealkylation sites (tertiary alicyclic amines) is 1. The fourth-order valence-electron chi connectivity index (χ4n) is 3.35. The third kappa shape index (κ3) is 3.91. The van der Waals surface area contributed by atoms with Crippen molar-refractivity contribution in [1.29, 1.82) is 0 Å². The van der Waals surface area contributed by atoms with E-state index in [1.54, 1.807) is 31.4 Å². The molecule has 3 rings (SSSR count). The molecule has 1 aromatic carbocycles. The van der Waals surface area contributed by atoms with Gasteiger partial charge >= 0.3 is 5.97 Å². The van der Waals surface area contributed by atoms with Crippen molar-refractivity contribution in [3.05, 3.63) is 52.2 Å². The Morgan fingerprint density at radius 1 is 1.20 bits per heavy atom. The van der Waals surface area contributed by atoms with Gasteiger partial charge in [-0.15, -0.1) is 0 Å². The van der Waals surface area contributed by atoms with E-state index in [0.29, 0.717) is 31.5 Å². The Labute approximate surface area is 150 Å². The molecule has 0 bridgehead atoms. The molecule has 0 aliphatic carbocycles. The second-order valence-electron chi connectivity index (χ2n) is 6.20. The number of methoxy groups -OCH3 is 1. The number of ether oxygens (including phenoxy) is 1. The summed E-state index contributed by atoms with van der Waals surface area (Å²) in [6.45, 7) is 1.22. The van der Waals surface area contributed by atoms with Crippen LogP contribution in [0.25, 0.3) is 0 Å². The molecule has 1 fully saturated rings. The molecule has 25 heavy (non-hydrogen) atoms. The second kappa shape index (κ2) is 7.80. The van der Waals surface area contributed by atoms with Gasteiger partial charge in [-0.05, 0) is 72.6 Å². The Kier molecular flexibility index (Phi) is 5.50. The van der Waals surface area contributed by atoms with Gasteiger partial charge < -0.3 is 9.84 Å². The number of rotatable bonds is 6. The zero-order chi connectivity index (χ0) is 17.8. The molecule has 0 radical (unpaired) electrons. The first-order valence-corrected chi connectivity index (χ1v) is 9.21. The lowest BCUT2D eigenvalue weighted by atomic mass is 9.88. The van der Waals surface area contributed by atoms with Crippen molar-refractivity contribution in [1.82, 2.24) is 4.90 Å². The summed E-state index contributed by atoms with van der Waals surface area (Å²) in [5.74, 6) is -0.0314. The van der Waals surface area contributed by atoms with E-state index in [1.807, 2.05) is 21.7 Å². The third-order valence-electron chi connectivity index (χ3n) is 4.73. The number of benzene rings is 1. The average molecular weight is 359 g/mol. The van der Waals surface area contributed by atoms with Gasteiger partial charge in [0.05, 0.1) is 7.11 Å². The molecule has 6 heteroatoms.